The summed E-state index contributed by atoms with van der Waals surface area (Å²) < 4.78 is 5.15. The minimum Gasteiger partial charge on any atom is -0.459 e. The molecule has 0 spiro atoms. The van der Waals surface area contributed by atoms with Gasteiger partial charge in [-0.25, -0.2) is 0 Å². The third kappa shape index (κ3) is 2.60. The molecule has 2 rings (SSSR count). The van der Waals surface area contributed by atoms with Gasteiger partial charge in [0.2, 0.25) is 0 Å². The zero-order chi connectivity index (χ0) is 13.0. The second-order valence-corrected chi connectivity index (χ2v) is 4.11. The molecule has 0 aliphatic heterocycles. The average molecular weight is 244 g/mol. The molecular weight excluding hydrogens is 228 g/mol. The fourth-order valence-electron chi connectivity index (χ4n) is 1.79. The number of furan rings is 1. The van der Waals surface area contributed by atoms with Crippen molar-refractivity contribution in [2.24, 2.45) is 5.73 Å². The predicted octanol–water partition coefficient (Wildman–Crippen LogP) is 2.02. The van der Waals surface area contributed by atoms with Crippen LogP contribution in [0.5, 0.6) is 0 Å². The van der Waals surface area contributed by atoms with Gasteiger partial charge in [0.1, 0.15) is 0 Å². The van der Waals surface area contributed by atoms with Crippen molar-refractivity contribution in [2.75, 3.05) is 6.54 Å². The smallest absolute Gasteiger partial charge is 0.287 e. The molecule has 18 heavy (non-hydrogen) atoms. The van der Waals surface area contributed by atoms with Crippen LogP contribution in [0.15, 0.2) is 47.1 Å². The van der Waals surface area contributed by atoms with Crippen LogP contribution in [0.25, 0.3) is 0 Å². The number of aryl methyl sites for hydroxylation is 1. The van der Waals surface area contributed by atoms with Crippen LogP contribution in [-0.2, 0) is 0 Å². The summed E-state index contributed by atoms with van der Waals surface area (Å²) in [5.74, 6) is 0.0983. The molecule has 1 aromatic carbocycles. The van der Waals surface area contributed by atoms with E-state index in [2.05, 4.69) is 5.32 Å². The second kappa shape index (κ2) is 5.51. The van der Waals surface area contributed by atoms with Crippen LogP contribution in [0.4, 0.5) is 0 Å². The summed E-state index contributed by atoms with van der Waals surface area (Å²) in [6.07, 6.45) is 1.50. The van der Waals surface area contributed by atoms with Gasteiger partial charge in [-0.1, -0.05) is 30.3 Å². The molecule has 1 amide bonds. The Morgan fingerprint density at radius 1 is 1.33 bits per heavy atom. The van der Waals surface area contributed by atoms with E-state index in [0.717, 1.165) is 11.1 Å². The van der Waals surface area contributed by atoms with E-state index in [1.165, 1.54) is 6.26 Å². The van der Waals surface area contributed by atoms with E-state index >= 15 is 0 Å². The number of benzene rings is 1. The van der Waals surface area contributed by atoms with Crippen LogP contribution in [0.2, 0.25) is 0 Å². The zero-order valence-corrected chi connectivity index (χ0v) is 10.2. The summed E-state index contributed by atoms with van der Waals surface area (Å²) in [5.41, 5.74) is 7.50. The molecule has 1 heterocycles. The molecule has 0 radical (unpaired) electrons. The normalized spacial score (nSPS) is 12.1. The Morgan fingerprint density at radius 3 is 2.61 bits per heavy atom. The van der Waals surface area contributed by atoms with Crippen LogP contribution in [0.1, 0.15) is 27.7 Å². The maximum Gasteiger partial charge on any atom is 0.287 e. The minimum absolute atomic E-state index is 0.205. The lowest BCUT2D eigenvalue weighted by molar-refractivity contribution is 0.0909. The summed E-state index contributed by atoms with van der Waals surface area (Å²) in [4.78, 5) is 12.0. The summed E-state index contributed by atoms with van der Waals surface area (Å²) in [6, 6.07) is 11.2. The molecule has 4 heteroatoms. The van der Waals surface area contributed by atoms with Crippen molar-refractivity contribution < 1.29 is 9.21 Å². The number of nitrogens with one attached hydrogen (secondary N) is 1. The Labute approximate surface area is 106 Å². The van der Waals surface area contributed by atoms with Gasteiger partial charge in [-0.15, -0.1) is 0 Å². The predicted molar refractivity (Wildman–Crippen MR) is 69.1 cm³/mol. The highest BCUT2D eigenvalue weighted by atomic mass is 16.3. The molecule has 0 saturated carbocycles. The topological polar surface area (TPSA) is 68.3 Å². The molecule has 1 aromatic heterocycles. The van der Waals surface area contributed by atoms with Gasteiger partial charge >= 0.3 is 0 Å². The van der Waals surface area contributed by atoms with E-state index < -0.39 is 0 Å². The first-order valence-corrected chi connectivity index (χ1v) is 5.82. The first-order valence-electron chi connectivity index (χ1n) is 5.82. The minimum atomic E-state index is -0.239. The number of amides is 1. The first kappa shape index (κ1) is 12.4. The number of carbonyl (C=O) groups is 1. The van der Waals surface area contributed by atoms with Crippen molar-refractivity contribution in [2.45, 2.75) is 13.0 Å². The molecule has 94 valence electrons. The lowest BCUT2D eigenvalue weighted by atomic mass is 10.1. The molecule has 0 aliphatic rings. The van der Waals surface area contributed by atoms with Gasteiger partial charge < -0.3 is 15.5 Å². The highest BCUT2D eigenvalue weighted by Gasteiger charge is 2.17. The molecule has 0 bridgehead atoms. The maximum atomic E-state index is 12.0. The van der Waals surface area contributed by atoms with Crippen molar-refractivity contribution in [1.29, 1.82) is 0 Å². The molecule has 0 saturated heterocycles. The van der Waals surface area contributed by atoms with Crippen LogP contribution >= 0.6 is 0 Å². The van der Waals surface area contributed by atoms with Gasteiger partial charge in [-0.05, 0) is 18.6 Å². The van der Waals surface area contributed by atoms with E-state index in [0.29, 0.717) is 12.3 Å². The fraction of sp³-hybridized carbons (Fsp3) is 0.214. The van der Waals surface area contributed by atoms with Crippen LogP contribution < -0.4 is 11.1 Å². The van der Waals surface area contributed by atoms with Gasteiger partial charge in [-0.2, -0.15) is 0 Å². The number of rotatable bonds is 4. The number of hydrogen-bond donors (Lipinski definition) is 2. The van der Waals surface area contributed by atoms with E-state index in [1.807, 2.05) is 37.3 Å². The average Bonchev–Trinajstić information content (AvgIpc) is 2.83. The molecule has 1 atom stereocenters. The van der Waals surface area contributed by atoms with Crippen molar-refractivity contribution in [1.82, 2.24) is 5.32 Å². The Bertz CT molecular complexity index is 520. The largest absolute Gasteiger partial charge is 0.459 e. The number of carbonyl (C=O) groups excluding carboxylic acids is 1. The van der Waals surface area contributed by atoms with E-state index in [-0.39, 0.29) is 11.9 Å². The Balaban J connectivity index is 2.13. The van der Waals surface area contributed by atoms with Gasteiger partial charge in [0.25, 0.3) is 5.91 Å². The van der Waals surface area contributed by atoms with Crippen molar-refractivity contribution in [3.8, 4) is 0 Å². The molecule has 0 fully saturated rings. The quantitative estimate of drug-likeness (QED) is 0.864. The van der Waals surface area contributed by atoms with E-state index in [1.54, 1.807) is 6.07 Å². The lowest BCUT2D eigenvalue weighted by Crippen LogP contribution is -2.33. The summed E-state index contributed by atoms with van der Waals surface area (Å²) in [5, 5.41) is 2.87. The molecule has 3 N–H and O–H groups in total. The SMILES string of the molecule is Cc1ccoc1C(=O)NC(CN)c1ccccc1. The number of hydrogen-bond acceptors (Lipinski definition) is 3. The highest BCUT2D eigenvalue weighted by molar-refractivity contribution is 5.93. The second-order valence-electron chi connectivity index (χ2n) is 4.11. The third-order valence-corrected chi connectivity index (χ3v) is 2.81. The maximum absolute atomic E-state index is 12.0. The van der Waals surface area contributed by atoms with Gasteiger partial charge in [0.05, 0.1) is 12.3 Å². The van der Waals surface area contributed by atoms with Crippen LogP contribution in [-0.4, -0.2) is 12.5 Å². The highest BCUT2D eigenvalue weighted by Crippen LogP contribution is 2.14. The zero-order valence-electron chi connectivity index (χ0n) is 10.2. The summed E-state index contributed by atoms with van der Waals surface area (Å²) in [7, 11) is 0. The molecular formula is C14H16N2O2. The summed E-state index contributed by atoms with van der Waals surface area (Å²) >= 11 is 0. The van der Waals surface area contributed by atoms with Crippen LogP contribution in [0, 0.1) is 6.92 Å². The Kier molecular flexibility index (Phi) is 3.79. The third-order valence-electron chi connectivity index (χ3n) is 2.81. The van der Waals surface area contributed by atoms with E-state index in [9.17, 15) is 4.79 Å². The lowest BCUT2D eigenvalue weighted by Gasteiger charge is -2.16. The molecule has 2 aromatic rings. The van der Waals surface area contributed by atoms with Crippen molar-refractivity contribution in [3.05, 3.63) is 59.5 Å². The summed E-state index contributed by atoms with van der Waals surface area (Å²) in [6.45, 7) is 2.17. The van der Waals surface area contributed by atoms with Crippen LogP contribution in [0.3, 0.4) is 0 Å². The van der Waals surface area contributed by atoms with Crippen molar-refractivity contribution >= 4 is 5.91 Å². The first-order chi connectivity index (χ1) is 8.72. The van der Waals surface area contributed by atoms with Crippen molar-refractivity contribution in [3.63, 3.8) is 0 Å². The Morgan fingerprint density at radius 2 is 2.06 bits per heavy atom. The van der Waals surface area contributed by atoms with Gasteiger partial charge in [0.15, 0.2) is 5.76 Å². The Hall–Kier alpha value is -2.07. The van der Waals surface area contributed by atoms with Gasteiger partial charge in [-0.3, -0.25) is 4.79 Å². The standard InChI is InChI=1S/C14H16N2O2/c1-10-7-8-18-13(10)14(17)16-12(9-15)11-5-3-2-4-6-11/h2-8,12H,9,15H2,1H3,(H,16,17). The van der Waals surface area contributed by atoms with Gasteiger partial charge in [0, 0.05) is 12.1 Å². The monoisotopic (exact) mass is 244 g/mol. The molecule has 1 unspecified atom stereocenters. The molecule has 0 aliphatic carbocycles. The fourth-order valence-corrected chi connectivity index (χ4v) is 1.79. The molecule has 4 nitrogen and oxygen atoms in total. The van der Waals surface area contributed by atoms with E-state index in [4.69, 9.17) is 10.2 Å². The number of nitrogens with two attached hydrogens (primary N) is 1.